The van der Waals surface area contributed by atoms with E-state index in [1.54, 1.807) is 56.4 Å². The van der Waals surface area contributed by atoms with Crippen LogP contribution in [0.5, 0.6) is 0 Å². The standard InChI is InChI=1S/C34H45N5O5S/c1-24(33(41)37-27-15-9-5-10-16-27)36-23-32(40)31(19-25-13-7-4-8-14-25)38-34(42)26-20-28(35-2)22-30(21-26)39(45(3,43)44)29-17-11-6-12-18-29/h4,6-8,11-14,17-18,20-22,24,27,31-32,35-36,40H,5,9-10,15-16,19,23H2,1-3H3,(H,37,41)(H,38,42)/t24-,31-,32+/m0/s1. The maximum atomic E-state index is 13.7. The summed E-state index contributed by atoms with van der Waals surface area (Å²) in [5.41, 5.74) is 2.41. The van der Waals surface area contributed by atoms with E-state index >= 15 is 0 Å². The van der Waals surface area contributed by atoms with E-state index in [9.17, 15) is 23.1 Å². The zero-order valence-electron chi connectivity index (χ0n) is 26.2. The molecule has 242 valence electrons. The van der Waals surface area contributed by atoms with Gasteiger partial charge in [-0.1, -0.05) is 67.8 Å². The molecule has 4 rings (SSSR count). The molecule has 0 aromatic heterocycles. The molecule has 0 heterocycles. The Labute approximate surface area is 266 Å². The Morgan fingerprint density at radius 1 is 0.933 bits per heavy atom. The monoisotopic (exact) mass is 635 g/mol. The van der Waals surface area contributed by atoms with Crippen LogP contribution in [-0.4, -0.2) is 69.4 Å². The second kappa shape index (κ2) is 15.9. The number of anilines is 3. The number of benzene rings is 3. The second-order valence-electron chi connectivity index (χ2n) is 11.7. The van der Waals surface area contributed by atoms with Crippen molar-refractivity contribution in [1.82, 2.24) is 16.0 Å². The molecule has 2 amide bonds. The summed E-state index contributed by atoms with van der Waals surface area (Å²) in [6.07, 6.45) is 5.82. The molecule has 3 atom stereocenters. The molecule has 5 N–H and O–H groups in total. The Kier molecular flexibility index (Phi) is 12.0. The number of hydrogen-bond donors (Lipinski definition) is 5. The molecule has 45 heavy (non-hydrogen) atoms. The van der Waals surface area contributed by atoms with Gasteiger partial charge < -0.3 is 26.4 Å². The highest BCUT2D eigenvalue weighted by molar-refractivity contribution is 7.92. The first-order valence-corrected chi connectivity index (χ1v) is 17.3. The third-order valence-corrected chi connectivity index (χ3v) is 9.17. The van der Waals surface area contributed by atoms with Crippen LogP contribution < -0.4 is 25.6 Å². The maximum absolute atomic E-state index is 13.7. The molecule has 10 nitrogen and oxygen atoms in total. The van der Waals surface area contributed by atoms with E-state index < -0.39 is 34.1 Å². The predicted molar refractivity (Wildman–Crippen MR) is 179 cm³/mol. The van der Waals surface area contributed by atoms with Gasteiger partial charge in [-0.3, -0.25) is 9.59 Å². The number of aliphatic hydroxyl groups is 1. The lowest BCUT2D eigenvalue weighted by Gasteiger charge is -2.28. The molecular formula is C34H45N5O5S. The van der Waals surface area contributed by atoms with Crippen LogP contribution in [0.4, 0.5) is 17.1 Å². The van der Waals surface area contributed by atoms with Gasteiger partial charge in [-0.2, -0.15) is 0 Å². The van der Waals surface area contributed by atoms with Crippen molar-refractivity contribution in [3.63, 3.8) is 0 Å². The highest BCUT2D eigenvalue weighted by atomic mass is 32.2. The van der Waals surface area contributed by atoms with Crippen LogP contribution in [0.3, 0.4) is 0 Å². The van der Waals surface area contributed by atoms with Crippen LogP contribution in [0.2, 0.25) is 0 Å². The fourth-order valence-electron chi connectivity index (χ4n) is 5.61. The molecule has 3 aromatic rings. The molecule has 0 aliphatic heterocycles. The summed E-state index contributed by atoms with van der Waals surface area (Å²) in [6.45, 7) is 1.84. The Hall–Kier alpha value is -3.93. The third-order valence-electron chi connectivity index (χ3n) is 8.08. The molecule has 1 aliphatic rings. The molecule has 0 bridgehead atoms. The number of para-hydroxylation sites is 1. The van der Waals surface area contributed by atoms with Crippen LogP contribution in [-0.2, 0) is 21.2 Å². The number of hydrogen-bond acceptors (Lipinski definition) is 7. The molecule has 0 unspecified atom stereocenters. The van der Waals surface area contributed by atoms with Gasteiger partial charge in [-0.05, 0) is 62.1 Å². The van der Waals surface area contributed by atoms with Crippen molar-refractivity contribution in [2.45, 2.75) is 69.7 Å². The van der Waals surface area contributed by atoms with E-state index in [1.807, 2.05) is 30.3 Å². The van der Waals surface area contributed by atoms with Gasteiger partial charge in [0.2, 0.25) is 15.9 Å². The minimum Gasteiger partial charge on any atom is -0.390 e. The van der Waals surface area contributed by atoms with Crippen molar-refractivity contribution in [2.75, 3.05) is 29.5 Å². The van der Waals surface area contributed by atoms with Gasteiger partial charge in [0.15, 0.2) is 0 Å². The van der Waals surface area contributed by atoms with Crippen LogP contribution >= 0.6 is 0 Å². The summed E-state index contributed by atoms with van der Waals surface area (Å²) < 4.78 is 27.0. The summed E-state index contributed by atoms with van der Waals surface area (Å²) >= 11 is 0. The van der Waals surface area contributed by atoms with E-state index in [-0.39, 0.29) is 24.1 Å². The lowest BCUT2D eigenvalue weighted by atomic mass is 9.95. The van der Waals surface area contributed by atoms with Crippen molar-refractivity contribution in [3.05, 3.63) is 90.0 Å². The van der Waals surface area contributed by atoms with Gasteiger partial charge in [0, 0.05) is 30.9 Å². The highest BCUT2D eigenvalue weighted by Gasteiger charge is 2.27. The first kappa shape index (κ1) is 34.0. The van der Waals surface area contributed by atoms with Gasteiger partial charge in [0.25, 0.3) is 5.91 Å². The van der Waals surface area contributed by atoms with Crippen molar-refractivity contribution in [1.29, 1.82) is 0 Å². The molecule has 0 spiro atoms. The second-order valence-corrected chi connectivity index (χ2v) is 13.5. The number of sulfonamides is 1. The van der Waals surface area contributed by atoms with Crippen molar-refractivity contribution in [2.24, 2.45) is 0 Å². The van der Waals surface area contributed by atoms with Gasteiger partial charge in [-0.15, -0.1) is 0 Å². The van der Waals surface area contributed by atoms with Crippen molar-refractivity contribution < 1.29 is 23.1 Å². The number of rotatable bonds is 14. The summed E-state index contributed by atoms with van der Waals surface area (Å²) in [7, 11) is -2.07. The average molecular weight is 636 g/mol. The maximum Gasteiger partial charge on any atom is 0.251 e. The van der Waals surface area contributed by atoms with Crippen LogP contribution in [0.1, 0.15) is 54.9 Å². The minimum absolute atomic E-state index is 0.0781. The molecule has 3 aromatic carbocycles. The molecule has 0 radical (unpaired) electrons. The lowest BCUT2D eigenvalue weighted by Crippen LogP contribution is -2.53. The van der Waals surface area contributed by atoms with Gasteiger partial charge in [0.05, 0.1) is 35.8 Å². The summed E-state index contributed by atoms with van der Waals surface area (Å²) in [5, 5.41) is 23.5. The SMILES string of the molecule is CNc1cc(C(=O)N[C@@H](Cc2ccccc2)[C@H](O)CN[C@@H](C)C(=O)NC2CCCCC2)cc(N(c2ccccc2)S(C)(=O)=O)c1. The van der Waals surface area contributed by atoms with Crippen molar-refractivity contribution in [3.8, 4) is 0 Å². The summed E-state index contributed by atoms with van der Waals surface area (Å²) in [6, 6.07) is 21.9. The first-order chi connectivity index (χ1) is 21.5. The molecular weight excluding hydrogens is 590 g/mol. The predicted octanol–water partition coefficient (Wildman–Crippen LogP) is 3.96. The zero-order chi connectivity index (χ0) is 32.4. The number of carbonyl (C=O) groups excluding carboxylic acids is 2. The van der Waals surface area contributed by atoms with E-state index in [4.69, 9.17) is 0 Å². The Morgan fingerprint density at radius 2 is 1.58 bits per heavy atom. The van der Waals surface area contributed by atoms with Crippen LogP contribution in [0.15, 0.2) is 78.9 Å². The van der Waals surface area contributed by atoms with Gasteiger partial charge >= 0.3 is 0 Å². The zero-order valence-corrected chi connectivity index (χ0v) is 27.0. The molecule has 0 saturated heterocycles. The smallest absolute Gasteiger partial charge is 0.251 e. The average Bonchev–Trinajstić information content (AvgIpc) is 3.03. The fraction of sp³-hybridized carbons (Fsp3) is 0.412. The van der Waals surface area contributed by atoms with E-state index in [0.29, 0.717) is 23.5 Å². The van der Waals surface area contributed by atoms with Crippen LogP contribution in [0.25, 0.3) is 0 Å². The van der Waals surface area contributed by atoms with E-state index in [2.05, 4.69) is 21.3 Å². The minimum atomic E-state index is -3.75. The highest BCUT2D eigenvalue weighted by Crippen LogP contribution is 2.31. The number of aliphatic hydroxyl groups excluding tert-OH is 1. The largest absolute Gasteiger partial charge is 0.390 e. The number of carbonyl (C=O) groups is 2. The molecule has 1 saturated carbocycles. The number of nitrogens with one attached hydrogen (secondary N) is 4. The van der Waals surface area contributed by atoms with Gasteiger partial charge in [0.1, 0.15) is 0 Å². The molecule has 1 fully saturated rings. The topological polar surface area (TPSA) is 140 Å². The fourth-order valence-corrected chi connectivity index (χ4v) is 6.60. The molecule has 1 aliphatic carbocycles. The normalized spacial score (nSPS) is 15.8. The van der Waals surface area contributed by atoms with Crippen LogP contribution in [0, 0.1) is 0 Å². The quantitative estimate of drug-likeness (QED) is 0.181. The number of nitrogens with zero attached hydrogens (tertiary/aromatic N) is 1. The van der Waals surface area contributed by atoms with Crippen molar-refractivity contribution >= 4 is 38.9 Å². The lowest BCUT2D eigenvalue weighted by molar-refractivity contribution is -0.123. The Balaban J connectivity index is 1.53. The van der Waals surface area contributed by atoms with E-state index in [0.717, 1.165) is 37.5 Å². The summed E-state index contributed by atoms with van der Waals surface area (Å²) in [4.78, 5) is 26.5. The van der Waals surface area contributed by atoms with E-state index in [1.165, 1.54) is 16.8 Å². The number of amides is 2. The molecule has 11 heteroatoms. The Bertz CT molecular complexity index is 1510. The Morgan fingerprint density at radius 3 is 2.20 bits per heavy atom. The first-order valence-electron chi connectivity index (χ1n) is 15.5. The summed E-state index contributed by atoms with van der Waals surface area (Å²) in [5.74, 6) is -0.582. The van der Waals surface area contributed by atoms with Gasteiger partial charge in [-0.25, -0.2) is 12.7 Å². The third kappa shape index (κ3) is 9.78.